The molecule has 1 amide bonds. The average molecular weight is 440 g/mol. The maximum Gasteiger partial charge on any atom is 0.244 e. The van der Waals surface area contributed by atoms with E-state index in [1.54, 1.807) is 41.5 Å². The Kier molecular flexibility index (Phi) is 6.45. The van der Waals surface area contributed by atoms with Crippen LogP contribution in [0.4, 0.5) is 5.69 Å². The summed E-state index contributed by atoms with van der Waals surface area (Å²) < 4.78 is 29.4. The van der Waals surface area contributed by atoms with Gasteiger partial charge in [-0.05, 0) is 23.8 Å². The number of carbonyl (C=O) groups excluding carboxylic acids is 1. The second-order valence-electron chi connectivity index (χ2n) is 7.48. The lowest BCUT2D eigenvalue weighted by Crippen LogP contribution is -2.48. The van der Waals surface area contributed by atoms with Gasteiger partial charge in [-0.25, -0.2) is 13.4 Å². The third kappa shape index (κ3) is 5.38. The third-order valence-electron chi connectivity index (χ3n) is 5.22. The van der Waals surface area contributed by atoms with Gasteiger partial charge in [0.25, 0.3) is 0 Å². The van der Waals surface area contributed by atoms with Gasteiger partial charge in [-0.3, -0.25) is 9.69 Å². The van der Waals surface area contributed by atoms with Crippen molar-refractivity contribution in [2.75, 3.05) is 31.5 Å². The quantitative estimate of drug-likeness (QED) is 0.609. The van der Waals surface area contributed by atoms with Crippen molar-refractivity contribution in [3.63, 3.8) is 0 Å². The molecule has 1 N–H and O–H groups in total. The van der Waals surface area contributed by atoms with Crippen molar-refractivity contribution in [1.82, 2.24) is 18.8 Å². The largest absolute Gasteiger partial charge is 0.328 e. The van der Waals surface area contributed by atoms with Crippen LogP contribution in [-0.2, 0) is 27.9 Å². The van der Waals surface area contributed by atoms with Crippen LogP contribution >= 0.6 is 0 Å². The van der Waals surface area contributed by atoms with E-state index in [9.17, 15) is 13.2 Å². The number of hydrogen-bond acceptors (Lipinski definition) is 5. The number of imidazole rings is 1. The summed E-state index contributed by atoms with van der Waals surface area (Å²) in [5.41, 5.74) is 1.67. The molecule has 0 aliphatic carbocycles. The van der Waals surface area contributed by atoms with Crippen LogP contribution in [0.1, 0.15) is 5.56 Å². The Morgan fingerprint density at radius 1 is 1.00 bits per heavy atom. The van der Waals surface area contributed by atoms with Crippen molar-refractivity contribution in [2.45, 2.75) is 18.0 Å². The predicted molar refractivity (Wildman–Crippen MR) is 118 cm³/mol. The highest BCUT2D eigenvalue weighted by molar-refractivity contribution is 7.89. The first kappa shape index (κ1) is 21.2. The number of aromatic nitrogens is 2. The summed E-state index contributed by atoms with van der Waals surface area (Å²) in [6.45, 7) is 3.15. The molecule has 0 bridgehead atoms. The Morgan fingerprint density at radius 3 is 2.48 bits per heavy atom. The summed E-state index contributed by atoms with van der Waals surface area (Å²) in [7, 11) is -3.63. The fraction of sp³-hybridized carbons (Fsp3) is 0.273. The van der Waals surface area contributed by atoms with E-state index < -0.39 is 10.0 Å². The molecule has 1 aromatic heterocycles. The number of nitrogens with zero attached hydrogens (tertiary/aromatic N) is 4. The van der Waals surface area contributed by atoms with E-state index in [4.69, 9.17) is 0 Å². The maximum absolute atomic E-state index is 13.1. The first-order valence-electron chi connectivity index (χ1n) is 10.1. The smallest absolute Gasteiger partial charge is 0.244 e. The number of benzene rings is 2. The van der Waals surface area contributed by atoms with Gasteiger partial charge in [0.1, 0.15) is 6.54 Å². The lowest BCUT2D eigenvalue weighted by molar-refractivity contribution is -0.116. The van der Waals surface area contributed by atoms with E-state index in [0.717, 1.165) is 6.54 Å². The minimum atomic E-state index is -3.63. The second-order valence-corrected chi connectivity index (χ2v) is 9.41. The van der Waals surface area contributed by atoms with Gasteiger partial charge in [0.05, 0.1) is 11.2 Å². The molecular weight excluding hydrogens is 414 g/mol. The fourth-order valence-corrected chi connectivity index (χ4v) is 5.07. The van der Waals surface area contributed by atoms with Crippen molar-refractivity contribution >= 4 is 21.6 Å². The topological polar surface area (TPSA) is 87.5 Å². The molecule has 1 aliphatic rings. The highest BCUT2D eigenvalue weighted by atomic mass is 32.2. The minimum Gasteiger partial charge on any atom is -0.328 e. The molecular formula is C22H25N5O3S. The molecule has 162 valence electrons. The summed E-state index contributed by atoms with van der Waals surface area (Å²) in [5.74, 6) is -0.248. The van der Waals surface area contributed by atoms with Crippen molar-refractivity contribution in [1.29, 1.82) is 0 Å². The first-order chi connectivity index (χ1) is 15.0. The average Bonchev–Trinajstić information content (AvgIpc) is 3.28. The highest BCUT2D eigenvalue weighted by Crippen LogP contribution is 2.21. The van der Waals surface area contributed by atoms with Gasteiger partial charge in [0.15, 0.2) is 0 Å². The second kappa shape index (κ2) is 9.42. The number of sulfonamides is 1. The standard InChI is InChI=1S/C22H25N5O3S/c28-22(17-26-10-9-23-18-26)24-20-7-4-8-21(15-20)31(29,30)27-13-11-25(12-14-27)16-19-5-2-1-3-6-19/h1-10,15,18H,11-14,16-17H2,(H,24,28). The maximum atomic E-state index is 13.1. The molecule has 1 saturated heterocycles. The van der Waals surface area contributed by atoms with Crippen LogP contribution in [0.5, 0.6) is 0 Å². The van der Waals surface area contributed by atoms with E-state index in [2.05, 4.69) is 27.3 Å². The number of carbonyl (C=O) groups is 1. The van der Waals surface area contributed by atoms with Gasteiger partial charge in [0.2, 0.25) is 15.9 Å². The Balaban J connectivity index is 1.37. The molecule has 2 heterocycles. The Morgan fingerprint density at radius 2 is 1.77 bits per heavy atom. The highest BCUT2D eigenvalue weighted by Gasteiger charge is 2.28. The summed E-state index contributed by atoms with van der Waals surface area (Å²) in [6.07, 6.45) is 4.84. The molecule has 0 atom stereocenters. The number of hydrogen-bond donors (Lipinski definition) is 1. The predicted octanol–water partition coefficient (Wildman–Crippen LogP) is 2.03. The molecule has 1 fully saturated rings. The van der Waals surface area contributed by atoms with Crippen LogP contribution in [0.15, 0.2) is 78.2 Å². The number of nitrogens with one attached hydrogen (secondary N) is 1. The normalized spacial score (nSPS) is 15.6. The van der Waals surface area contributed by atoms with Crippen molar-refractivity contribution in [3.05, 3.63) is 78.9 Å². The SMILES string of the molecule is O=C(Cn1ccnc1)Nc1cccc(S(=O)(=O)N2CCN(Cc3ccccc3)CC2)c1. The van der Waals surface area contributed by atoms with Crippen LogP contribution in [0.3, 0.4) is 0 Å². The Labute approximate surface area is 182 Å². The van der Waals surface area contributed by atoms with Gasteiger partial charge in [0, 0.05) is 50.8 Å². The van der Waals surface area contributed by atoms with Crippen LogP contribution in [0.2, 0.25) is 0 Å². The van der Waals surface area contributed by atoms with Crippen LogP contribution in [0, 0.1) is 0 Å². The molecule has 3 aromatic rings. The molecule has 31 heavy (non-hydrogen) atoms. The molecule has 0 spiro atoms. The molecule has 8 nitrogen and oxygen atoms in total. The van der Waals surface area contributed by atoms with Crippen molar-refractivity contribution in [3.8, 4) is 0 Å². The number of amides is 1. The van der Waals surface area contributed by atoms with Crippen molar-refractivity contribution < 1.29 is 13.2 Å². The number of rotatable bonds is 7. The molecule has 0 unspecified atom stereocenters. The van der Waals surface area contributed by atoms with E-state index >= 15 is 0 Å². The fourth-order valence-electron chi connectivity index (χ4n) is 3.60. The van der Waals surface area contributed by atoms with Crippen LogP contribution < -0.4 is 5.32 Å². The summed E-state index contributed by atoms with van der Waals surface area (Å²) in [4.78, 5) is 18.5. The Hall–Kier alpha value is -3.01. The Bertz CT molecular complexity index is 1110. The summed E-state index contributed by atoms with van der Waals surface area (Å²) in [6, 6.07) is 16.6. The van der Waals surface area contributed by atoms with E-state index in [1.807, 2.05) is 18.2 Å². The molecule has 2 aromatic carbocycles. The zero-order valence-corrected chi connectivity index (χ0v) is 17.9. The van der Waals surface area contributed by atoms with Gasteiger partial charge in [-0.1, -0.05) is 36.4 Å². The number of anilines is 1. The van der Waals surface area contributed by atoms with Crippen LogP contribution in [-0.4, -0.2) is 59.3 Å². The van der Waals surface area contributed by atoms with Gasteiger partial charge < -0.3 is 9.88 Å². The van der Waals surface area contributed by atoms with Gasteiger partial charge in [-0.15, -0.1) is 0 Å². The third-order valence-corrected chi connectivity index (χ3v) is 7.12. The molecule has 0 radical (unpaired) electrons. The first-order valence-corrected chi connectivity index (χ1v) is 11.6. The lowest BCUT2D eigenvalue weighted by Gasteiger charge is -2.34. The molecule has 0 saturated carbocycles. The molecule has 9 heteroatoms. The zero-order valence-electron chi connectivity index (χ0n) is 17.1. The van der Waals surface area contributed by atoms with E-state index in [-0.39, 0.29) is 17.3 Å². The lowest BCUT2D eigenvalue weighted by atomic mass is 10.2. The van der Waals surface area contributed by atoms with Gasteiger partial charge >= 0.3 is 0 Å². The van der Waals surface area contributed by atoms with Crippen LogP contribution in [0.25, 0.3) is 0 Å². The summed E-state index contributed by atoms with van der Waals surface area (Å²) >= 11 is 0. The minimum absolute atomic E-state index is 0.111. The van der Waals surface area contributed by atoms with E-state index in [0.29, 0.717) is 31.9 Å². The summed E-state index contributed by atoms with van der Waals surface area (Å²) in [5, 5.41) is 2.75. The molecule has 1 aliphatic heterocycles. The zero-order chi connectivity index (χ0) is 21.7. The van der Waals surface area contributed by atoms with E-state index in [1.165, 1.54) is 15.9 Å². The number of piperazine rings is 1. The monoisotopic (exact) mass is 439 g/mol. The molecule has 4 rings (SSSR count). The van der Waals surface area contributed by atoms with Crippen molar-refractivity contribution in [2.24, 2.45) is 0 Å². The van der Waals surface area contributed by atoms with Gasteiger partial charge in [-0.2, -0.15) is 4.31 Å².